The van der Waals surface area contributed by atoms with Crippen molar-refractivity contribution < 1.29 is 18.8 Å². The number of piperazine rings is 1. The first-order chi connectivity index (χ1) is 17.3. The summed E-state index contributed by atoms with van der Waals surface area (Å²) in [7, 11) is 0. The summed E-state index contributed by atoms with van der Waals surface area (Å²) in [6.45, 7) is 6.04. The molecule has 0 atom stereocenters. The molecular formula is C29H30FN3O3. The number of aryl methyl sites for hydroxylation is 1. The van der Waals surface area contributed by atoms with Gasteiger partial charge in [0.1, 0.15) is 5.82 Å². The van der Waals surface area contributed by atoms with Crippen LogP contribution in [0, 0.1) is 12.7 Å². The molecule has 3 aromatic rings. The van der Waals surface area contributed by atoms with Gasteiger partial charge in [-0.05, 0) is 48.4 Å². The second kappa shape index (κ2) is 11.2. The summed E-state index contributed by atoms with van der Waals surface area (Å²) < 4.78 is 13.8. The van der Waals surface area contributed by atoms with Crippen LogP contribution in [0.25, 0.3) is 0 Å². The van der Waals surface area contributed by atoms with E-state index in [0.717, 1.165) is 16.7 Å². The molecule has 0 N–H and O–H groups in total. The molecule has 1 aliphatic rings. The van der Waals surface area contributed by atoms with E-state index in [1.54, 1.807) is 27.7 Å². The molecule has 0 spiro atoms. The molecule has 4 rings (SSSR count). The van der Waals surface area contributed by atoms with Crippen molar-refractivity contribution in [2.45, 2.75) is 26.8 Å². The summed E-state index contributed by atoms with van der Waals surface area (Å²) >= 11 is 0. The first-order valence-corrected chi connectivity index (χ1v) is 12.1. The van der Waals surface area contributed by atoms with Crippen LogP contribution in [0.5, 0.6) is 0 Å². The van der Waals surface area contributed by atoms with Crippen LogP contribution in [0.15, 0.2) is 72.8 Å². The number of carbonyl (C=O) groups is 3. The molecule has 7 heteroatoms. The van der Waals surface area contributed by atoms with E-state index in [0.29, 0.717) is 38.4 Å². The van der Waals surface area contributed by atoms with Crippen molar-refractivity contribution in [3.05, 3.63) is 101 Å². The SMILES string of the molecule is CC(=O)N1CCN(C(=O)Cc2ccc(N(Cc3ccc(C)cc3)C(=O)c3cccc(F)c3)cc2)CC1. The predicted octanol–water partition coefficient (Wildman–Crippen LogP) is 4.21. The maximum Gasteiger partial charge on any atom is 0.258 e. The van der Waals surface area contributed by atoms with Gasteiger partial charge in [0.15, 0.2) is 0 Å². The van der Waals surface area contributed by atoms with E-state index in [9.17, 15) is 18.8 Å². The average Bonchev–Trinajstić information content (AvgIpc) is 2.88. The molecule has 1 heterocycles. The van der Waals surface area contributed by atoms with Crippen LogP contribution in [0.2, 0.25) is 0 Å². The van der Waals surface area contributed by atoms with Crippen molar-refractivity contribution in [1.29, 1.82) is 0 Å². The Bertz CT molecular complexity index is 1230. The Morgan fingerprint density at radius 1 is 0.833 bits per heavy atom. The fourth-order valence-corrected chi connectivity index (χ4v) is 4.28. The first kappa shape index (κ1) is 25.1. The highest BCUT2D eigenvalue weighted by atomic mass is 19.1. The molecule has 1 fully saturated rings. The lowest BCUT2D eigenvalue weighted by atomic mass is 10.1. The third kappa shape index (κ3) is 6.16. The Kier molecular flexibility index (Phi) is 7.78. The number of halogens is 1. The Labute approximate surface area is 210 Å². The van der Waals surface area contributed by atoms with Crippen molar-refractivity contribution in [2.75, 3.05) is 31.1 Å². The highest BCUT2D eigenvalue weighted by Crippen LogP contribution is 2.22. The van der Waals surface area contributed by atoms with Gasteiger partial charge in [-0.3, -0.25) is 14.4 Å². The molecule has 1 aliphatic heterocycles. The minimum atomic E-state index is -0.464. The maximum atomic E-state index is 13.8. The summed E-state index contributed by atoms with van der Waals surface area (Å²) in [6, 6.07) is 20.9. The molecule has 186 valence electrons. The molecule has 0 saturated carbocycles. The number of anilines is 1. The van der Waals surface area contributed by atoms with Gasteiger partial charge in [-0.15, -0.1) is 0 Å². The molecule has 3 amide bonds. The third-order valence-electron chi connectivity index (χ3n) is 6.46. The predicted molar refractivity (Wildman–Crippen MR) is 137 cm³/mol. The highest BCUT2D eigenvalue weighted by Gasteiger charge is 2.23. The van der Waals surface area contributed by atoms with Crippen LogP contribution in [0.1, 0.15) is 34.0 Å². The normalized spacial score (nSPS) is 13.4. The number of benzene rings is 3. The second-order valence-electron chi connectivity index (χ2n) is 9.12. The molecule has 0 aromatic heterocycles. The van der Waals surface area contributed by atoms with E-state index in [-0.39, 0.29) is 29.7 Å². The van der Waals surface area contributed by atoms with Gasteiger partial charge in [0.2, 0.25) is 11.8 Å². The van der Waals surface area contributed by atoms with E-state index < -0.39 is 5.82 Å². The molecule has 6 nitrogen and oxygen atoms in total. The Balaban J connectivity index is 1.50. The summed E-state index contributed by atoms with van der Waals surface area (Å²) in [6.07, 6.45) is 0.246. The van der Waals surface area contributed by atoms with Gasteiger partial charge in [-0.1, -0.05) is 48.0 Å². The largest absolute Gasteiger partial charge is 0.339 e. The third-order valence-corrected chi connectivity index (χ3v) is 6.46. The van der Waals surface area contributed by atoms with Crippen LogP contribution in [-0.2, 0) is 22.6 Å². The van der Waals surface area contributed by atoms with Gasteiger partial charge in [-0.25, -0.2) is 4.39 Å². The lowest BCUT2D eigenvalue weighted by Gasteiger charge is -2.34. The average molecular weight is 488 g/mol. The first-order valence-electron chi connectivity index (χ1n) is 12.1. The van der Waals surface area contributed by atoms with E-state index >= 15 is 0 Å². The van der Waals surface area contributed by atoms with Crippen molar-refractivity contribution >= 4 is 23.4 Å². The summed E-state index contributed by atoms with van der Waals surface area (Å²) in [5.41, 5.74) is 3.85. The standard InChI is InChI=1S/C29H30FN3O3/c1-21-6-8-24(9-7-21)20-33(29(36)25-4-3-5-26(30)19-25)27-12-10-23(11-13-27)18-28(35)32-16-14-31(15-17-32)22(2)34/h3-13,19H,14-18,20H2,1-2H3. The van der Waals surface area contributed by atoms with E-state index in [4.69, 9.17) is 0 Å². The Morgan fingerprint density at radius 3 is 2.06 bits per heavy atom. The zero-order chi connectivity index (χ0) is 25.7. The summed E-state index contributed by atoms with van der Waals surface area (Å²) in [5.74, 6) is -0.727. The maximum absolute atomic E-state index is 13.8. The molecule has 0 radical (unpaired) electrons. The van der Waals surface area contributed by atoms with Gasteiger partial charge in [0.05, 0.1) is 13.0 Å². The summed E-state index contributed by atoms with van der Waals surface area (Å²) in [5, 5.41) is 0. The number of hydrogen-bond donors (Lipinski definition) is 0. The van der Waals surface area contributed by atoms with Crippen molar-refractivity contribution in [3.8, 4) is 0 Å². The van der Waals surface area contributed by atoms with Crippen molar-refractivity contribution in [1.82, 2.24) is 9.80 Å². The number of carbonyl (C=O) groups excluding carboxylic acids is 3. The van der Waals surface area contributed by atoms with Crippen LogP contribution in [0.3, 0.4) is 0 Å². The smallest absolute Gasteiger partial charge is 0.258 e. The zero-order valence-corrected chi connectivity index (χ0v) is 20.6. The Hall–Kier alpha value is -4.00. The number of hydrogen-bond acceptors (Lipinski definition) is 3. The highest BCUT2D eigenvalue weighted by molar-refractivity contribution is 6.06. The zero-order valence-electron chi connectivity index (χ0n) is 20.6. The number of amides is 3. The fourth-order valence-electron chi connectivity index (χ4n) is 4.28. The van der Waals surface area contributed by atoms with Crippen LogP contribution in [0.4, 0.5) is 10.1 Å². The summed E-state index contributed by atoms with van der Waals surface area (Å²) in [4.78, 5) is 42.8. The molecule has 0 aliphatic carbocycles. The molecule has 3 aromatic carbocycles. The van der Waals surface area contributed by atoms with E-state index in [1.165, 1.54) is 18.2 Å². The van der Waals surface area contributed by atoms with Crippen molar-refractivity contribution in [3.63, 3.8) is 0 Å². The van der Waals surface area contributed by atoms with Crippen LogP contribution >= 0.6 is 0 Å². The van der Waals surface area contributed by atoms with Gasteiger partial charge >= 0.3 is 0 Å². The molecular weight excluding hydrogens is 457 g/mol. The van der Waals surface area contributed by atoms with E-state index in [2.05, 4.69) is 0 Å². The van der Waals surface area contributed by atoms with Gasteiger partial charge in [0, 0.05) is 44.4 Å². The number of nitrogens with zero attached hydrogens (tertiary/aromatic N) is 3. The minimum absolute atomic E-state index is 0.0123. The quantitative estimate of drug-likeness (QED) is 0.523. The molecule has 1 saturated heterocycles. The number of rotatable bonds is 6. The molecule has 0 unspecified atom stereocenters. The van der Waals surface area contributed by atoms with Crippen LogP contribution in [-0.4, -0.2) is 53.7 Å². The minimum Gasteiger partial charge on any atom is -0.339 e. The molecule has 0 bridgehead atoms. The molecule has 36 heavy (non-hydrogen) atoms. The monoisotopic (exact) mass is 487 g/mol. The van der Waals surface area contributed by atoms with Crippen LogP contribution < -0.4 is 4.90 Å². The fraction of sp³-hybridized carbons (Fsp3) is 0.276. The van der Waals surface area contributed by atoms with Crippen molar-refractivity contribution in [2.24, 2.45) is 0 Å². The van der Waals surface area contributed by atoms with Gasteiger partial charge in [0.25, 0.3) is 5.91 Å². The van der Waals surface area contributed by atoms with E-state index in [1.807, 2.05) is 55.5 Å². The van der Waals surface area contributed by atoms with Gasteiger partial charge < -0.3 is 14.7 Å². The lowest BCUT2D eigenvalue weighted by Crippen LogP contribution is -2.50. The second-order valence-corrected chi connectivity index (χ2v) is 9.12. The lowest BCUT2D eigenvalue weighted by molar-refractivity contribution is -0.138. The Morgan fingerprint density at radius 2 is 1.44 bits per heavy atom. The van der Waals surface area contributed by atoms with Gasteiger partial charge in [-0.2, -0.15) is 0 Å². The topological polar surface area (TPSA) is 60.9 Å².